The first kappa shape index (κ1) is 18.0. The van der Waals surface area contributed by atoms with Crippen molar-refractivity contribution >= 4 is 34.6 Å². The van der Waals surface area contributed by atoms with Crippen molar-refractivity contribution in [2.24, 2.45) is 0 Å². The lowest BCUT2D eigenvalue weighted by Gasteiger charge is -2.05. The fourth-order valence-corrected chi connectivity index (χ4v) is 2.26. The van der Waals surface area contributed by atoms with Crippen LogP contribution in [0.15, 0.2) is 60.7 Å². The molecule has 0 amide bonds. The average molecular weight is 367 g/mol. The second kappa shape index (κ2) is 7.99. The first-order valence-electron chi connectivity index (χ1n) is 6.89. The summed E-state index contributed by atoms with van der Waals surface area (Å²) in [4.78, 5) is 0. The zero-order valence-electron chi connectivity index (χ0n) is 12.4. The molecule has 0 aliphatic heterocycles. The van der Waals surface area contributed by atoms with E-state index in [2.05, 4.69) is 0 Å². The van der Waals surface area contributed by atoms with Crippen molar-refractivity contribution < 1.29 is 8.78 Å². The molecule has 0 radical (unpaired) electrons. The summed E-state index contributed by atoms with van der Waals surface area (Å²) in [6.45, 7) is 0. The maximum atomic E-state index is 13.3. The van der Waals surface area contributed by atoms with Crippen LogP contribution in [-0.2, 0) is 0 Å². The summed E-state index contributed by atoms with van der Waals surface area (Å²) in [7, 11) is 0. The van der Waals surface area contributed by atoms with E-state index in [4.69, 9.17) is 34.7 Å². The van der Waals surface area contributed by atoms with Crippen LogP contribution in [-0.4, -0.2) is 0 Å². The average Bonchev–Trinajstić information content (AvgIpc) is 2.58. The maximum Gasteiger partial charge on any atom is 0.148 e. The molecule has 24 heavy (non-hydrogen) atoms. The molecule has 0 spiro atoms. The summed E-state index contributed by atoms with van der Waals surface area (Å²) in [6, 6.07) is 16.8. The van der Waals surface area contributed by atoms with E-state index in [1.54, 1.807) is 12.1 Å². The van der Waals surface area contributed by atoms with Gasteiger partial charge in [0, 0.05) is 0 Å². The number of para-hydroxylation sites is 1. The molecule has 3 aromatic rings. The van der Waals surface area contributed by atoms with E-state index in [0.29, 0.717) is 0 Å². The molecule has 0 saturated carbocycles. The zero-order valence-corrected chi connectivity index (χ0v) is 14.0. The predicted molar refractivity (Wildman–Crippen MR) is 97.1 cm³/mol. The van der Waals surface area contributed by atoms with Gasteiger partial charge in [0.05, 0.1) is 21.4 Å². The van der Waals surface area contributed by atoms with Gasteiger partial charge in [-0.3, -0.25) is 0 Å². The molecule has 0 aliphatic carbocycles. The molecule has 0 aliphatic rings. The summed E-state index contributed by atoms with van der Waals surface area (Å²) >= 11 is 11.3. The second-order valence-electron chi connectivity index (χ2n) is 4.85. The molecule has 0 bridgehead atoms. The molecular weight excluding hydrogens is 353 g/mol. The van der Waals surface area contributed by atoms with E-state index in [-0.39, 0.29) is 21.4 Å². The Bertz CT molecular complexity index is 796. The third-order valence-corrected chi connectivity index (χ3v) is 3.83. The van der Waals surface area contributed by atoms with Crippen molar-refractivity contribution in [3.63, 3.8) is 0 Å². The van der Waals surface area contributed by atoms with Gasteiger partial charge >= 0.3 is 0 Å². The van der Waals surface area contributed by atoms with Crippen LogP contribution >= 0.6 is 23.2 Å². The maximum absolute atomic E-state index is 13.3. The van der Waals surface area contributed by atoms with Crippen LogP contribution in [0, 0.1) is 11.6 Å². The first-order valence-corrected chi connectivity index (χ1v) is 7.65. The number of hydrogen-bond donors (Lipinski definition) is 2. The van der Waals surface area contributed by atoms with Gasteiger partial charge in [-0.2, -0.15) is 0 Å². The Kier molecular flexibility index (Phi) is 6.01. The summed E-state index contributed by atoms with van der Waals surface area (Å²) in [5.74, 6) is -0.955. The number of hydrogen-bond acceptors (Lipinski definition) is 2. The monoisotopic (exact) mass is 366 g/mol. The number of nitrogens with two attached hydrogens (primary N) is 2. The third kappa shape index (κ3) is 4.37. The summed E-state index contributed by atoms with van der Waals surface area (Å²) in [6.07, 6.45) is 0. The SMILES string of the molecule is Nc1c(F)cc(-c2ccccc2)cc1Cl.Nc1c(F)cccc1Cl. The normalized spacial score (nSPS) is 10.0. The smallest absolute Gasteiger partial charge is 0.148 e. The third-order valence-electron chi connectivity index (χ3n) is 3.19. The number of benzene rings is 3. The minimum atomic E-state index is -0.485. The molecule has 2 nitrogen and oxygen atoms in total. The lowest BCUT2D eigenvalue weighted by Crippen LogP contribution is -1.92. The highest BCUT2D eigenvalue weighted by atomic mass is 35.5. The molecule has 6 heteroatoms. The Hall–Kier alpha value is -2.30. The highest BCUT2D eigenvalue weighted by Gasteiger charge is 2.07. The van der Waals surface area contributed by atoms with E-state index >= 15 is 0 Å². The Labute approximate surface area is 148 Å². The molecule has 0 saturated heterocycles. The summed E-state index contributed by atoms with van der Waals surface area (Å²) < 4.78 is 25.7. The van der Waals surface area contributed by atoms with Crippen molar-refractivity contribution in [2.75, 3.05) is 11.5 Å². The van der Waals surface area contributed by atoms with Gasteiger partial charge in [-0.05, 0) is 35.4 Å². The van der Waals surface area contributed by atoms with Crippen molar-refractivity contribution in [1.82, 2.24) is 0 Å². The van der Waals surface area contributed by atoms with Crippen LogP contribution < -0.4 is 11.5 Å². The Morgan fingerprint density at radius 2 is 1.25 bits per heavy atom. The van der Waals surface area contributed by atoms with Crippen LogP contribution in [0.5, 0.6) is 0 Å². The molecule has 0 atom stereocenters. The molecule has 3 rings (SSSR count). The molecule has 0 unspecified atom stereocenters. The van der Waals surface area contributed by atoms with Gasteiger partial charge in [-0.15, -0.1) is 0 Å². The molecule has 0 fully saturated rings. The van der Waals surface area contributed by atoms with E-state index in [1.165, 1.54) is 18.2 Å². The number of anilines is 2. The summed E-state index contributed by atoms with van der Waals surface area (Å²) in [5.41, 5.74) is 12.3. The minimum absolute atomic E-state index is 0.00338. The standard InChI is InChI=1S/C12H9ClFN.C6H5ClFN/c13-10-6-9(7-11(14)12(10)15)8-4-2-1-3-5-8;7-4-2-1-3-5(8)6(4)9/h1-7H,15H2;1-3H,9H2. The lowest BCUT2D eigenvalue weighted by atomic mass is 10.1. The Balaban J connectivity index is 0.000000198. The van der Waals surface area contributed by atoms with Gasteiger partial charge in [0.15, 0.2) is 0 Å². The first-order chi connectivity index (χ1) is 11.4. The number of rotatable bonds is 1. The van der Waals surface area contributed by atoms with Crippen LogP contribution in [0.4, 0.5) is 20.2 Å². The molecule has 3 aromatic carbocycles. The van der Waals surface area contributed by atoms with E-state index < -0.39 is 11.6 Å². The fraction of sp³-hybridized carbons (Fsp3) is 0. The molecule has 4 N–H and O–H groups in total. The molecular formula is C18H14Cl2F2N2. The second-order valence-corrected chi connectivity index (χ2v) is 5.67. The van der Waals surface area contributed by atoms with Gasteiger partial charge < -0.3 is 11.5 Å². The fourth-order valence-electron chi connectivity index (χ4n) is 1.89. The van der Waals surface area contributed by atoms with Crippen molar-refractivity contribution in [3.8, 4) is 11.1 Å². The van der Waals surface area contributed by atoms with Crippen molar-refractivity contribution in [1.29, 1.82) is 0 Å². The quantitative estimate of drug-likeness (QED) is 0.535. The zero-order chi connectivity index (χ0) is 17.7. The van der Waals surface area contributed by atoms with Crippen LogP contribution in [0.1, 0.15) is 0 Å². The largest absolute Gasteiger partial charge is 0.395 e. The number of halogens is 4. The highest BCUT2D eigenvalue weighted by molar-refractivity contribution is 6.33. The van der Waals surface area contributed by atoms with E-state index in [1.807, 2.05) is 30.3 Å². The van der Waals surface area contributed by atoms with E-state index in [0.717, 1.165) is 11.1 Å². The Morgan fingerprint density at radius 1 is 0.625 bits per heavy atom. The van der Waals surface area contributed by atoms with Gasteiger partial charge in [-0.25, -0.2) is 8.78 Å². The van der Waals surface area contributed by atoms with Gasteiger partial charge in [0.25, 0.3) is 0 Å². The van der Waals surface area contributed by atoms with Gasteiger partial charge in [0.2, 0.25) is 0 Å². The Morgan fingerprint density at radius 3 is 1.79 bits per heavy atom. The molecule has 0 heterocycles. The van der Waals surface area contributed by atoms with Crippen LogP contribution in [0.3, 0.4) is 0 Å². The van der Waals surface area contributed by atoms with Crippen LogP contribution in [0.25, 0.3) is 11.1 Å². The van der Waals surface area contributed by atoms with Crippen molar-refractivity contribution in [2.45, 2.75) is 0 Å². The van der Waals surface area contributed by atoms with Gasteiger partial charge in [-0.1, -0.05) is 59.6 Å². The predicted octanol–water partition coefficient (Wildman–Crippen LogP) is 5.79. The number of nitrogen functional groups attached to an aromatic ring is 2. The lowest BCUT2D eigenvalue weighted by molar-refractivity contribution is 0.632. The van der Waals surface area contributed by atoms with Crippen LogP contribution in [0.2, 0.25) is 10.0 Å². The highest BCUT2D eigenvalue weighted by Crippen LogP contribution is 2.29. The van der Waals surface area contributed by atoms with Crippen molar-refractivity contribution in [3.05, 3.63) is 82.3 Å². The van der Waals surface area contributed by atoms with Gasteiger partial charge in [0.1, 0.15) is 11.6 Å². The topological polar surface area (TPSA) is 52.0 Å². The molecule has 124 valence electrons. The van der Waals surface area contributed by atoms with E-state index in [9.17, 15) is 8.78 Å². The summed E-state index contributed by atoms with van der Waals surface area (Å²) in [5, 5.41) is 0.504. The molecule has 0 aromatic heterocycles. The minimum Gasteiger partial charge on any atom is -0.395 e.